The molecule has 0 spiro atoms. The Morgan fingerprint density at radius 3 is 2.35 bits per heavy atom. The molecule has 1 aliphatic heterocycles. The van der Waals surface area contributed by atoms with E-state index >= 15 is 0 Å². The van der Waals surface area contributed by atoms with Crippen molar-refractivity contribution >= 4 is 20.1 Å². The second kappa shape index (κ2) is 4.44. The molecule has 17 heavy (non-hydrogen) atoms. The first-order valence-electron chi connectivity index (χ1n) is 6.10. The summed E-state index contributed by atoms with van der Waals surface area (Å²) in [6.07, 6.45) is 0.584. The lowest BCUT2D eigenvalue weighted by atomic mass is 9.96. The van der Waals surface area contributed by atoms with E-state index in [1.54, 1.807) is 0 Å². The number of carboxylic acids is 1. The Kier molecular flexibility index (Phi) is 3.71. The number of carbonyl (C=O) groups is 2. The maximum Gasteiger partial charge on any atom is 0.303 e. The molecule has 98 valence electrons. The van der Waals surface area contributed by atoms with E-state index < -0.39 is 14.2 Å². The quantitative estimate of drug-likeness (QED) is 0.621. The predicted molar refractivity (Wildman–Crippen MR) is 69.3 cm³/mol. The molecule has 0 aromatic rings. The van der Waals surface area contributed by atoms with Crippen molar-refractivity contribution in [1.29, 1.82) is 0 Å². The number of hydrogen-bond acceptors (Lipinski definition) is 2. The SMILES string of the molecule is CC(C)(C)[Si](C)(C)N1CC(CCC(=O)O)C1=O. The Bertz CT molecular complexity index is 333. The Labute approximate surface area is 104 Å². The maximum absolute atomic E-state index is 12.0. The Morgan fingerprint density at radius 1 is 1.47 bits per heavy atom. The minimum Gasteiger partial charge on any atom is -0.481 e. The Morgan fingerprint density at radius 2 is 2.00 bits per heavy atom. The largest absolute Gasteiger partial charge is 0.481 e. The first-order valence-corrected chi connectivity index (χ1v) is 9.05. The lowest BCUT2D eigenvalue weighted by molar-refractivity contribution is -0.143. The van der Waals surface area contributed by atoms with Gasteiger partial charge >= 0.3 is 5.97 Å². The van der Waals surface area contributed by atoms with Crippen molar-refractivity contribution in [2.75, 3.05) is 6.54 Å². The van der Waals surface area contributed by atoms with Crippen molar-refractivity contribution in [2.24, 2.45) is 5.92 Å². The minimum atomic E-state index is -1.75. The number of carboxylic acid groups (broad SMARTS) is 1. The summed E-state index contributed by atoms with van der Waals surface area (Å²) in [5, 5.41) is 8.76. The lowest BCUT2D eigenvalue weighted by Gasteiger charge is -2.53. The summed E-state index contributed by atoms with van der Waals surface area (Å²) >= 11 is 0. The van der Waals surface area contributed by atoms with Crippen LogP contribution in [-0.2, 0) is 9.59 Å². The highest BCUT2D eigenvalue weighted by Gasteiger charge is 2.50. The molecule has 0 aliphatic carbocycles. The van der Waals surface area contributed by atoms with Gasteiger partial charge < -0.3 is 9.67 Å². The van der Waals surface area contributed by atoms with Crippen LogP contribution in [-0.4, -0.2) is 36.3 Å². The van der Waals surface area contributed by atoms with E-state index in [2.05, 4.69) is 33.9 Å². The summed E-state index contributed by atoms with van der Waals surface area (Å²) in [4.78, 5) is 22.5. The molecule has 0 bridgehead atoms. The molecule has 1 unspecified atom stereocenters. The van der Waals surface area contributed by atoms with E-state index in [-0.39, 0.29) is 23.3 Å². The summed E-state index contributed by atoms with van der Waals surface area (Å²) in [6, 6.07) is 0. The summed E-state index contributed by atoms with van der Waals surface area (Å²) in [7, 11) is -1.75. The second-order valence-electron chi connectivity index (χ2n) is 6.39. The Hall–Kier alpha value is -0.843. The standard InChI is InChI=1S/C12H23NO3Si/c1-12(2,3)17(4,5)13-8-9(11(13)16)6-7-10(14)15/h9H,6-8H2,1-5H3,(H,14,15). The number of aliphatic carboxylic acids is 1. The first-order chi connectivity index (χ1) is 7.57. The van der Waals surface area contributed by atoms with Crippen LogP contribution in [0, 0.1) is 5.92 Å². The normalized spacial score (nSPS) is 21.4. The van der Waals surface area contributed by atoms with Gasteiger partial charge in [-0.1, -0.05) is 33.9 Å². The highest BCUT2D eigenvalue weighted by Crippen LogP contribution is 2.42. The lowest BCUT2D eigenvalue weighted by Crippen LogP contribution is -2.67. The van der Waals surface area contributed by atoms with Gasteiger partial charge in [0.05, 0.1) is 5.92 Å². The van der Waals surface area contributed by atoms with Crippen molar-refractivity contribution in [1.82, 2.24) is 4.57 Å². The van der Waals surface area contributed by atoms with E-state index in [0.29, 0.717) is 6.42 Å². The zero-order valence-corrected chi connectivity index (χ0v) is 12.4. The van der Waals surface area contributed by atoms with Crippen molar-refractivity contribution in [3.05, 3.63) is 0 Å². The van der Waals surface area contributed by atoms with Gasteiger partial charge in [0.2, 0.25) is 5.91 Å². The molecule has 1 rings (SSSR count). The van der Waals surface area contributed by atoms with Gasteiger partial charge in [-0.3, -0.25) is 9.59 Å². The number of carbonyl (C=O) groups excluding carboxylic acids is 1. The van der Waals surface area contributed by atoms with E-state index in [9.17, 15) is 9.59 Å². The van der Waals surface area contributed by atoms with Crippen LogP contribution in [0.15, 0.2) is 0 Å². The van der Waals surface area contributed by atoms with Crippen LogP contribution in [0.25, 0.3) is 0 Å². The van der Waals surface area contributed by atoms with Gasteiger partial charge in [0.1, 0.15) is 0 Å². The zero-order chi connectivity index (χ0) is 13.4. The van der Waals surface area contributed by atoms with Crippen LogP contribution in [0.1, 0.15) is 33.6 Å². The van der Waals surface area contributed by atoms with Gasteiger partial charge in [0, 0.05) is 13.0 Å². The fourth-order valence-corrected chi connectivity index (χ4v) is 4.14. The summed E-state index contributed by atoms with van der Waals surface area (Å²) < 4.78 is 2.01. The molecule has 1 heterocycles. The topological polar surface area (TPSA) is 57.6 Å². The summed E-state index contributed by atoms with van der Waals surface area (Å²) in [6.45, 7) is 11.7. The average Bonchev–Trinajstić information content (AvgIpc) is 2.12. The summed E-state index contributed by atoms with van der Waals surface area (Å²) in [5.74, 6) is -0.707. The number of nitrogens with zero attached hydrogens (tertiary/aromatic N) is 1. The Balaban J connectivity index is 2.58. The number of β-lactam (4-membered cyclic amide) rings is 1. The first kappa shape index (κ1) is 14.2. The van der Waals surface area contributed by atoms with Crippen LogP contribution < -0.4 is 0 Å². The molecule has 0 aromatic heterocycles. The summed E-state index contributed by atoms with van der Waals surface area (Å²) in [5.41, 5.74) is 0. The molecule has 1 amide bonds. The van der Waals surface area contributed by atoms with Gasteiger partial charge in [-0.05, 0) is 11.5 Å². The monoisotopic (exact) mass is 257 g/mol. The third-order valence-electron chi connectivity index (χ3n) is 4.24. The molecule has 1 N–H and O–H groups in total. The maximum atomic E-state index is 12.0. The third-order valence-corrected chi connectivity index (χ3v) is 9.66. The van der Waals surface area contributed by atoms with Crippen molar-refractivity contribution in [2.45, 2.75) is 51.7 Å². The van der Waals surface area contributed by atoms with Crippen molar-refractivity contribution in [3.8, 4) is 0 Å². The molecule has 5 heteroatoms. The van der Waals surface area contributed by atoms with Crippen LogP contribution in [0.2, 0.25) is 18.1 Å². The molecule has 4 nitrogen and oxygen atoms in total. The molecular formula is C12H23NO3Si. The third kappa shape index (κ3) is 2.70. The molecular weight excluding hydrogens is 234 g/mol. The molecule has 0 aromatic carbocycles. The number of rotatable bonds is 4. The minimum absolute atomic E-state index is 0.0553. The molecule has 1 fully saturated rings. The molecule has 1 saturated heterocycles. The van der Waals surface area contributed by atoms with E-state index in [1.165, 1.54) is 0 Å². The van der Waals surface area contributed by atoms with E-state index in [0.717, 1.165) is 6.54 Å². The highest BCUT2D eigenvalue weighted by atomic mass is 28.3. The van der Waals surface area contributed by atoms with Crippen LogP contribution in [0.5, 0.6) is 0 Å². The van der Waals surface area contributed by atoms with Gasteiger partial charge in [-0.2, -0.15) is 0 Å². The zero-order valence-electron chi connectivity index (χ0n) is 11.4. The average molecular weight is 257 g/mol. The number of hydrogen-bond donors (Lipinski definition) is 1. The van der Waals surface area contributed by atoms with Gasteiger partial charge in [-0.15, -0.1) is 0 Å². The second-order valence-corrected chi connectivity index (χ2v) is 11.5. The van der Waals surface area contributed by atoms with Crippen LogP contribution in [0.3, 0.4) is 0 Å². The predicted octanol–water partition coefficient (Wildman–Crippen LogP) is 2.31. The van der Waals surface area contributed by atoms with Crippen molar-refractivity contribution in [3.63, 3.8) is 0 Å². The fourth-order valence-electron chi connectivity index (χ4n) is 1.92. The molecule has 0 saturated carbocycles. The van der Waals surface area contributed by atoms with Gasteiger partial charge in [-0.25, -0.2) is 0 Å². The van der Waals surface area contributed by atoms with Gasteiger partial charge in [0.25, 0.3) is 0 Å². The molecule has 1 atom stereocenters. The van der Waals surface area contributed by atoms with E-state index in [1.807, 2.05) is 4.57 Å². The van der Waals surface area contributed by atoms with Crippen LogP contribution >= 0.6 is 0 Å². The van der Waals surface area contributed by atoms with Crippen molar-refractivity contribution < 1.29 is 14.7 Å². The molecule has 1 aliphatic rings. The highest BCUT2D eigenvalue weighted by molar-refractivity contribution is 6.79. The van der Waals surface area contributed by atoms with Gasteiger partial charge in [0.15, 0.2) is 8.24 Å². The molecule has 0 radical (unpaired) electrons. The fraction of sp³-hybridized carbons (Fsp3) is 0.833. The van der Waals surface area contributed by atoms with E-state index in [4.69, 9.17) is 5.11 Å². The van der Waals surface area contributed by atoms with Crippen LogP contribution in [0.4, 0.5) is 0 Å². The number of amides is 1. The smallest absolute Gasteiger partial charge is 0.303 e.